The Morgan fingerprint density at radius 1 is 1.06 bits per heavy atom. The van der Waals surface area contributed by atoms with Crippen LogP contribution >= 0.6 is 0 Å². The summed E-state index contributed by atoms with van der Waals surface area (Å²) in [6.45, 7) is 2.68. The number of morpholine rings is 1. The highest BCUT2D eigenvalue weighted by molar-refractivity contribution is 6.00. The molecule has 9 heteroatoms. The van der Waals surface area contributed by atoms with Crippen LogP contribution in [0.2, 0.25) is 0 Å². The Bertz CT molecular complexity index is 986. The number of benzene rings is 2. The number of ether oxygens (including phenoxy) is 3. The van der Waals surface area contributed by atoms with Crippen LogP contribution < -0.4 is 25.0 Å². The van der Waals surface area contributed by atoms with E-state index in [1.54, 1.807) is 36.4 Å². The van der Waals surface area contributed by atoms with E-state index in [4.69, 9.17) is 14.2 Å². The number of anilines is 2. The van der Waals surface area contributed by atoms with Crippen LogP contribution in [0.15, 0.2) is 48.5 Å². The summed E-state index contributed by atoms with van der Waals surface area (Å²) in [6, 6.07) is 11.6. The number of fused-ring (bicyclic) bond motifs is 1. The first kappa shape index (κ1) is 21.7. The molecule has 0 saturated carbocycles. The number of amides is 2. The summed E-state index contributed by atoms with van der Waals surface area (Å²) < 4.78 is 15.9. The molecule has 0 aromatic heterocycles. The number of hydrogen-bond donors (Lipinski definition) is 3. The molecule has 0 aliphatic carbocycles. The van der Waals surface area contributed by atoms with E-state index in [1.165, 1.54) is 6.08 Å². The van der Waals surface area contributed by atoms with Crippen molar-refractivity contribution in [2.75, 3.05) is 49.9 Å². The molecule has 2 aromatic rings. The second-order valence-corrected chi connectivity index (χ2v) is 7.33. The summed E-state index contributed by atoms with van der Waals surface area (Å²) in [6.07, 6.45) is 2.89. The quantitative estimate of drug-likeness (QED) is 0.559. The topological polar surface area (TPSA) is 109 Å². The average Bonchev–Trinajstić information content (AvgIpc) is 3.30. The maximum atomic E-state index is 12.5. The van der Waals surface area contributed by atoms with E-state index >= 15 is 0 Å². The zero-order chi connectivity index (χ0) is 22.3. The van der Waals surface area contributed by atoms with E-state index in [0.717, 1.165) is 24.3 Å². The van der Waals surface area contributed by atoms with Crippen molar-refractivity contribution in [3.63, 3.8) is 0 Å². The fraction of sp³-hybridized carbons (Fsp3) is 0.304. The fourth-order valence-electron chi connectivity index (χ4n) is 3.41. The molecular formula is C23H25N3O6. The number of hydrogen-bond acceptors (Lipinski definition) is 7. The number of nitrogens with zero attached hydrogens (tertiary/aromatic N) is 1. The Morgan fingerprint density at radius 3 is 2.56 bits per heavy atom. The van der Waals surface area contributed by atoms with Crippen LogP contribution in [-0.2, 0) is 14.3 Å². The van der Waals surface area contributed by atoms with Crippen molar-refractivity contribution in [1.29, 1.82) is 0 Å². The first-order valence-corrected chi connectivity index (χ1v) is 10.3. The maximum Gasteiger partial charge on any atom is 0.249 e. The molecular weight excluding hydrogens is 414 g/mol. The number of nitrogens with one attached hydrogen (secondary N) is 2. The lowest BCUT2D eigenvalue weighted by molar-refractivity contribution is -0.124. The fourth-order valence-corrected chi connectivity index (χ4v) is 3.41. The number of carbonyl (C=O) groups is 2. The molecule has 1 atom stereocenters. The summed E-state index contributed by atoms with van der Waals surface area (Å²) in [5.41, 5.74) is 2.37. The third-order valence-corrected chi connectivity index (χ3v) is 5.15. The first-order chi connectivity index (χ1) is 15.6. The standard InChI is InChI=1S/C23H25N3O6/c27-14-19(25-22(28)8-2-16-1-7-20-21(13-16)32-15-31-20)23(29)24-17-3-5-18(6-4-17)26-9-11-30-12-10-26/h1-8,13,19,27H,9-12,14-15H2,(H,24,29)(H,25,28). The molecule has 4 rings (SSSR count). The molecule has 168 valence electrons. The normalized spacial score (nSPS) is 16.1. The third kappa shape index (κ3) is 5.37. The van der Waals surface area contributed by atoms with Crippen molar-refractivity contribution in [3.05, 3.63) is 54.1 Å². The van der Waals surface area contributed by atoms with Crippen LogP contribution in [0.25, 0.3) is 6.08 Å². The average molecular weight is 439 g/mol. The largest absolute Gasteiger partial charge is 0.454 e. The van der Waals surface area contributed by atoms with E-state index in [1.807, 2.05) is 12.1 Å². The zero-order valence-electron chi connectivity index (χ0n) is 17.5. The number of carbonyl (C=O) groups excluding carboxylic acids is 2. The van der Waals surface area contributed by atoms with Crippen molar-refractivity contribution in [1.82, 2.24) is 5.32 Å². The highest BCUT2D eigenvalue weighted by Gasteiger charge is 2.19. The first-order valence-electron chi connectivity index (χ1n) is 10.3. The molecule has 2 heterocycles. The van der Waals surface area contributed by atoms with Gasteiger partial charge in [-0.3, -0.25) is 9.59 Å². The van der Waals surface area contributed by atoms with Crippen molar-refractivity contribution >= 4 is 29.3 Å². The molecule has 9 nitrogen and oxygen atoms in total. The number of aliphatic hydroxyl groups is 1. The van der Waals surface area contributed by atoms with Gasteiger partial charge in [0.05, 0.1) is 19.8 Å². The van der Waals surface area contributed by atoms with Gasteiger partial charge >= 0.3 is 0 Å². The number of rotatable bonds is 7. The minimum absolute atomic E-state index is 0.173. The Morgan fingerprint density at radius 2 is 1.81 bits per heavy atom. The summed E-state index contributed by atoms with van der Waals surface area (Å²) >= 11 is 0. The smallest absolute Gasteiger partial charge is 0.249 e. The molecule has 32 heavy (non-hydrogen) atoms. The molecule has 2 amide bonds. The molecule has 1 fully saturated rings. The Kier molecular flexibility index (Phi) is 6.88. The molecule has 0 bridgehead atoms. The highest BCUT2D eigenvalue weighted by atomic mass is 16.7. The molecule has 0 radical (unpaired) electrons. The monoisotopic (exact) mass is 439 g/mol. The molecule has 2 aromatic carbocycles. The van der Waals surface area contributed by atoms with E-state index in [9.17, 15) is 14.7 Å². The van der Waals surface area contributed by atoms with Gasteiger partial charge in [-0.2, -0.15) is 0 Å². The van der Waals surface area contributed by atoms with E-state index in [0.29, 0.717) is 30.4 Å². The van der Waals surface area contributed by atoms with Crippen molar-refractivity contribution < 1.29 is 28.9 Å². The lowest BCUT2D eigenvalue weighted by atomic mass is 10.2. The summed E-state index contributed by atoms with van der Waals surface area (Å²) in [4.78, 5) is 26.9. The van der Waals surface area contributed by atoms with Crippen LogP contribution in [0.4, 0.5) is 11.4 Å². The van der Waals surface area contributed by atoms with Crippen LogP contribution in [0.1, 0.15) is 5.56 Å². The van der Waals surface area contributed by atoms with Gasteiger partial charge in [-0.25, -0.2) is 0 Å². The van der Waals surface area contributed by atoms with Crippen molar-refractivity contribution in [2.24, 2.45) is 0 Å². The Balaban J connectivity index is 1.30. The van der Waals surface area contributed by atoms with Crippen LogP contribution in [0.3, 0.4) is 0 Å². The van der Waals surface area contributed by atoms with E-state index < -0.39 is 24.5 Å². The third-order valence-electron chi connectivity index (χ3n) is 5.15. The summed E-state index contributed by atoms with van der Waals surface area (Å²) in [7, 11) is 0. The molecule has 2 aliphatic rings. The minimum Gasteiger partial charge on any atom is -0.454 e. The maximum absolute atomic E-state index is 12.5. The molecule has 1 unspecified atom stereocenters. The van der Waals surface area contributed by atoms with Gasteiger partial charge in [0.25, 0.3) is 0 Å². The van der Waals surface area contributed by atoms with E-state index in [2.05, 4.69) is 15.5 Å². The highest BCUT2D eigenvalue weighted by Crippen LogP contribution is 2.32. The summed E-state index contributed by atoms with van der Waals surface area (Å²) in [5.74, 6) is 0.261. The second kappa shape index (κ2) is 10.2. The van der Waals surface area contributed by atoms with Gasteiger partial charge in [0.15, 0.2) is 11.5 Å². The summed E-state index contributed by atoms with van der Waals surface area (Å²) in [5, 5.41) is 14.8. The predicted molar refractivity (Wildman–Crippen MR) is 119 cm³/mol. The van der Waals surface area contributed by atoms with Gasteiger partial charge in [-0.15, -0.1) is 0 Å². The molecule has 0 spiro atoms. The molecule has 1 saturated heterocycles. The van der Waals surface area contributed by atoms with Gasteiger partial charge < -0.3 is 34.9 Å². The van der Waals surface area contributed by atoms with Crippen molar-refractivity contribution in [3.8, 4) is 11.5 Å². The van der Waals surface area contributed by atoms with Gasteiger partial charge in [0.2, 0.25) is 18.6 Å². The van der Waals surface area contributed by atoms with Gasteiger partial charge in [-0.1, -0.05) is 6.07 Å². The van der Waals surface area contributed by atoms with Crippen molar-refractivity contribution in [2.45, 2.75) is 6.04 Å². The second-order valence-electron chi connectivity index (χ2n) is 7.33. The van der Waals surface area contributed by atoms with E-state index in [-0.39, 0.29) is 6.79 Å². The van der Waals surface area contributed by atoms with Gasteiger partial charge in [0.1, 0.15) is 6.04 Å². The minimum atomic E-state index is -1.08. The SMILES string of the molecule is O=C(C=Cc1ccc2c(c1)OCO2)NC(CO)C(=O)Nc1ccc(N2CCOCC2)cc1. The van der Waals surface area contributed by atoms with Crippen LogP contribution in [0, 0.1) is 0 Å². The zero-order valence-corrected chi connectivity index (χ0v) is 17.5. The Labute approximate surface area is 185 Å². The lowest BCUT2D eigenvalue weighted by Gasteiger charge is -2.29. The van der Waals surface area contributed by atoms with Gasteiger partial charge in [0, 0.05) is 30.5 Å². The predicted octanol–water partition coefficient (Wildman–Crippen LogP) is 1.38. The number of aliphatic hydroxyl groups excluding tert-OH is 1. The van der Waals surface area contributed by atoms with Gasteiger partial charge in [-0.05, 0) is 48.0 Å². The van der Waals surface area contributed by atoms with Crippen LogP contribution in [-0.4, -0.2) is 62.7 Å². The molecule has 3 N–H and O–H groups in total. The Hall–Kier alpha value is -3.56. The molecule has 2 aliphatic heterocycles. The lowest BCUT2D eigenvalue weighted by Crippen LogP contribution is -2.45. The van der Waals surface area contributed by atoms with Crippen LogP contribution in [0.5, 0.6) is 11.5 Å².